The fourth-order valence-electron chi connectivity index (χ4n) is 2.82. The van der Waals surface area contributed by atoms with Gasteiger partial charge in [0.2, 0.25) is 0 Å². The van der Waals surface area contributed by atoms with E-state index in [1.807, 2.05) is 11.8 Å². The molecule has 1 spiro atoms. The smallest absolute Gasteiger partial charge is 0.320 e. The molecule has 3 nitrogen and oxygen atoms in total. The molecule has 1 heterocycles. The molecule has 2 fully saturated rings. The summed E-state index contributed by atoms with van der Waals surface area (Å²) in [6.45, 7) is 4.60. The first kappa shape index (κ1) is 12.2. The van der Waals surface area contributed by atoms with Gasteiger partial charge in [-0.2, -0.15) is 0 Å². The summed E-state index contributed by atoms with van der Waals surface area (Å²) in [6, 6.07) is -0.332. The van der Waals surface area contributed by atoms with Crippen LogP contribution in [0.1, 0.15) is 39.5 Å². The van der Waals surface area contributed by atoms with Gasteiger partial charge in [-0.15, -0.1) is 11.8 Å². The second-order valence-electron chi connectivity index (χ2n) is 5.36. The molecule has 0 aromatic heterocycles. The van der Waals surface area contributed by atoms with E-state index < -0.39 is 5.97 Å². The van der Waals surface area contributed by atoms with Gasteiger partial charge in [0.05, 0.1) is 4.87 Å². The largest absolute Gasteiger partial charge is 0.480 e. The van der Waals surface area contributed by atoms with E-state index in [9.17, 15) is 4.79 Å². The van der Waals surface area contributed by atoms with Gasteiger partial charge in [-0.05, 0) is 43.3 Å². The summed E-state index contributed by atoms with van der Waals surface area (Å²) in [5.41, 5.74) is 0. The number of rotatable bonds is 1. The van der Waals surface area contributed by atoms with E-state index in [4.69, 9.17) is 5.11 Å². The van der Waals surface area contributed by atoms with Crippen LogP contribution in [-0.2, 0) is 4.79 Å². The van der Waals surface area contributed by atoms with E-state index >= 15 is 0 Å². The molecule has 92 valence electrons. The minimum atomic E-state index is -0.689. The van der Waals surface area contributed by atoms with Crippen LogP contribution in [0.2, 0.25) is 0 Å². The minimum absolute atomic E-state index is 0.0488. The van der Waals surface area contributed by atoms with E-state index in [2.05, 4.69) is 19.2 Å². The lowest BCUT2D eigenvalue weighted by Gasteiger charge is -2.47. The standard InChI is InChI=1S/C12H21NO2S/c1-8-3-5-12(7-9(8)2)13-10(11(14)15)4-6-16-12/h8-10,13H,3-7H2,1-2H3,(H,14,15). The van der Waals surface area contributed by atoms with Gasteiger partial charge >= 0.3 is 5.97 Å². The van der Waals surface area contributed by atoms with Gasteiger partial charge in [0.1, 0.15) is 6.04 Å². The van der Waals surface area contributed by atoms with Crippen LogP contribution < -0.4 is 5.32 Å². The van der Waals surface area contributed by atoms with E-state index in [1.54, 1.807) is 0 Å². The van der Waals surface area contributed by atoms with Crippen LogP contribution in [0.15, 0.2) is 0 Å². The second-order valence-corrected chi connectivity index (χ2v) is 6.84. The Hall–Kier alpha value is -0.220. The van der Waals surface area contributed by atoms with Crippen molar-refractivity contribution in [1.82, 2.24) is 5.32 Å². The summed E-state index contributed by atoms with van der Waals surface area (Å²) >= 11 is 1.94. The maximum absolute atomic E-state index is 11.1. The van der Waals surface area contributed by atoms with E-state index in [-0.39, 0.29) is 10.9 Å². The van der Waals surface area contributed by atoms with Gasteiger partial charge < -0.3 is 5.11 Å². The molecule has 2 rings (SSSR count). The van der Waals surface area contributed by atoms with Crippen LogP contribution in [0.4, 0.5) is 0 Å². The Morgan fingerprint density at radius 3 is 2.75 bits per heavy atom. The third-order valence-electron chi connectivity index (χ3n) is 4.15. The third kappa shape index (κ3) is 2.38. The average Bonchev–Trinajstić information content (AvgIpc) is 2.24. The Labute approximate surface area is 101 Å². The third-order valence-corrected chi connectivity index (χ3v) is 5.63. The summed E-state index contributed by atoms with van der Waals surface area (Å²) in [7, 11) is 0. The van der Waals surface area contributed by atoms with Gasteiger partial charge in [0.25, 0.3) is 0 Å². The Kier molecular flexibility index (Phi) is 3.50. The summed E-state index contributed by atoms with van der Waals surface area (Å²) in [6.07, 6.45) is 4.20. The van der Waals surface area contributed by atoms with Crippen LogP contribution in [0, 0.1) is 11.8 Å². The Morgan fingerprint density at radius 2 is 2.12 bits per heavy atom. The lowest BCUT2D eigenvalue weighted by molar-refractivity contribution is -0.140. The topological polar surface area (TPSA) is 49.3 Å². The molecular weight excluding hydrogens is 222 g/mol. The number of carboxylic acid groups (broad SMARTS) is 1. The van der Waals surface area contributed by atoms with Gasteiger partial charge in [-0.1, -0.05) is 13.8 Å². The zero-order valence-electron chi connectivity index (χ0n) is 10.0. The molecule has 1 aliphatic heterocycles. The molecule has 2 aliphatic rings. The molecule has 1 saturated heterocycles. The van der Waals surface area contributed by atoms with Crippen LogP contribution in [-0.4, -0.2) is 27.7 Å². The van der Waals surface area contributed by atoms with Crippen LogP contribution in [0.5, 0.6) is 0 Å². The van der Waals surface area contributed by atoms with Crippen molar-refractivity contribution in [3.8, 4) is 0 Å². The fourth-order valence-corrected chi connectivity index (χ4v) is 4.43. The normalized spacial score (nSPS) is 44.5. The molecule has 4 heteroatoms. The van der Waals surface area contributed by atoms with Crippen LogP contribution >= 0.6 is 11.8 Å². The van der Waals surface area contributed by atoms with Gasteiger partial charge in [0, 0.05) is 0 Å². The lowest BCUT2D eigenvalue weighted by atomic mass is 9.78. The van der Waals surface area contributed by atoms with Crippen LogP contribution in [0.25, 0.3) is 0 Å². The molecule has 4 atom stereocenters. The molecule has 2 N–H and O–H groups in total. The first-order chi connectivity index (χ1) is 7.52. The average molecular weight is 243 g/mol. The highest BCUT2D eigenvalue weighted by atomic mass is 32.2. The zero-order chi connectivity index (χ0) is 11.8. The number of hydrogen-bond donors (Lipinski definition) is 2. The zero-order valence-corrected chi connectivity index (χ0v) is 10.8. The summed E-state index contributed by atoms with van der Waals surface area (Å²) in [5.74, 6) is 1.76. The highest BCUT2D eigenvalue weighted by Gasteiger charge is 2.43. The van der Waals surface area contributed by atoms with E-state index in [0.29, 0.717) is 5.92 Å². The van der Waals surface area contributed by atoms with Crippen molar-refractivity contribution < 1.29 is 9.90 Å². The van der Waals surface area contributed by atoms with Crippen molar-refractivity contribution in [1.29, 1.82) is 0 Å². The van der Waals surface area contributed by atoms with Crippen molar-refractivity contribution in [3.63, 3.8) is 0 Å². The maximum atomic E-state index is 11.1. The molecule has 0 aromatic rings. The summed E-state index contributed by atoms with van der Waals surface area (Å²) in [4.78, 5) is 11.1. The summed E-state index contributed by atoms with van der Waals surface area (Å²) in [5, 5.41) is 12.5. The molecular formula is C12H21NO2S. The Bertz CT molecular complexity index is 284. The molecule has 4 unspecified atom stereocenters. The van der Waals surface area contributed by atoms with E-state index in [1.165, 1.54) is 6.42 Å². The van der Waals surface area contributed by atoms with Gasteiger partial charge in [-0.3, -0.25) is 10.1 Å². The van der Waals surface area contributed by atoms with Crippen LogP contribution in [0.3, 0.4) is 0 Å². The number of hydrogen-bond acceptors (Lipinski definition) is 3. The lowest BCUT2D eigenvalue weighted by Crippen LogP contribution is -2.57. The first-order valence-electron chi connectivity index (χ1n) is 6.17. The number of nitrogens with one attached hydrogen (secondary N) is 1. The first-order valence-corrected chi connectivity index (χ1v) is 7.15. The number of carboxylic acids is 1. The highest BCUT2D eigenvalue weighted by Crippen LogP contribution is 2.45. The molecule has 16 heavy (non-hydrogen) atoms. The van der Waals surface area contributed by atoms with Crippen molar-refractivity contribution in [2.75, 3.05) is 5.75 Å². The molecule has 0 bridgehead atoms. The minimum Gasteiger partial charge on any atom is -0.480 e. The molecule has 0 amide bonds. The maximum Gasteiger partial charge on any atom is 0.320 e. The fraction of sp³-hybridized carbons (Fsp3) is 0.917. The molecule has 1 aliphatic carbocycles. The molecule has 0 aromatic carbocycles. The van der Waals surface area contributed by atoms with E-state index in [0.717, 1.165) is 30.9 Å². The monoisotopic (exact) mass is 243 g/mol. The van der Waals surface area contributed by atoms with Gasteiger partial charge in [0.15, 0.2) is 0 Å². The number of carbonyl (C=O) groups is 1. The summed E-state index contributed by atoms with van der Waals surface area (Å²) < 4.78 is 0. The number of aliphatic carboxylic acids is 1. The van der Waals surface area contributed by atoms with Crippen molar-refractivity contribution in [2.24, 2.45) is 11.8 Å². The Morgan fingerprint density at radius 1 is 1.38 bits per heavy atom. The van der Waals surface area contributed by atoms with Gasteiger partial charge in [-0.25, -0.2) is 0 Å². The molecule has 1 saturated carbocycles. The Balaban J connectivity index is 2.04. The van der Waals surface area contributed by atoms with Crippen molar-refractivity contribution >= 4 is 17.7 Å². The second kappa shape index (κ2) is 4.57. The predicted molar refractivity (Wildman–Crippen MR) is 66.5 cm³/mol. The molecule has 0 radical (unpaired) electrons. The number of thioether (sulfide) groups is 1. The van der Waals surface area contributed by atoms with Crippen molar-refractivity contribution in [3.05, 3.63) is 0 Å². The predicted octanol–water partition coefficient (Wildman–Crippen LogP) is 2.32. The quantitative estimate of drug-likeness (QED) is 0.742. The van der Waals surface area contributed by atoms with Crippen molar-refractivity contribution in [2.45, 2.75) is 50.4 Å². The SMILES string of the molecule is CC1CCC2(CC1C)NC(C(=O)O)CCS2. The highest BCUT2D eigenvalue weighted by molar-refractivity contribution is 8.00.